The Balaban J connectivity index is 1.80. The predicted molar refractivity (Wildman–Crippen MR) is 103 cm³/mol. The molecule has 5 heteroatoms. The maximum atomic E-state index is 11.9. The number of nitrogens with zero attached hydrogens (tertiary/aromatic N) is 1. The molecule has 1 aliphatic carbocycles. The van der Waals surface area contributed by atoms with E-state index in [0.717, 1.165) is 16.9 Å². The molecule has 143 valence electrons. The van der Waals surface area contributed by atoms with Gasteiger partial charge in [0.2, 0.25) is 6.29 Å². The SMILES string of the molecule is COC(=O)/C(C#N)=C/C1C(C)(C)C1([C]=O)Cc1coc(Cc2ccccc2)c1. The van der Waals surface area contributed by atoms with E-state index >= 15 is 0 Å². The number of allylic oxidation sites excluding steroid dienone is 1. The third kappa shape index (κ3) is 3.38. The minimum Gasteiger partial charge on any atom is -0.469 e. The van der Waals surface area contributed by atoms with Crippen LogP contribution in [-0.4, -0.2) is 19.4 Å². The Morgan fingerprint density at radius 2 is 2.00 bits per heavy atom. The molecule has 0 aliphatic heterocycles. The first kappa shape index (κ1) is 19.6. The number of hydrogen-bond acceptors (Lipinski definition) is 5. The summed E-state index contributed by atoms with van der Waals surface area (Å²) in [5, 5.41) is 9.22. The van der Waals surface area contributed by atoms with Crippen molar-refractivity contribution in [2.75, 3.05) is 7.11 Å². The molecule has 0 bridgehead atoms. The fourth-order valence-corrected chi connectivity index (χ4v) is 3.97. The Morgan fingerprint density at radius 1 is 1.29 bits per heavy atom. The molecule has 1 fully saturated rings. The maximum absolute atomic E-state index is 11.9. The largest absolute Gasteiger partial charge is 0.469 e. The van der Waals surface area contributed by atoms with Gasteiger partial charge >= 0.3 is 5.97 Å². The van der Waals surface area contributed by atoms with Crippen LogP contribution in [0.2, 0.25) is 0 Å². The van der Waals surface area contributed by atoms with Gasteiger partial charge in [0.1, 0.15) is 17.4 Å². The summed E-state index contributed by atoms with van der Waals surface area (Å²) >= 11 is 0. The highest BCUT2D eigenvalue weighted by Gasteiger charge is 2.70. The Hall–Kier alpha value is -3.13. The molecule has 2 atom stereocenters. The van der Waals surface area contributed by atoms with Gasteiger partial charge in [-0.25, -0.2) is 4.79 Å². The Kier molecular flexibility index (Phi) is 5.24. The second kappa shape index (κ2) is 7.47. The van der Waals surface area contributed by atoms with Gasteiger partial charge in [-0.05, 0) is 34.9 Å². The van der Waals surface area contributed by atoms with Gasteiger partial charge in [-0.15, -0.1) is 0 Å². The van der Waals surface area contributed by atoms with Gasteiger partial charge in [0.25, 0.3) is 0 Å². The molecule has 28 heavy (non-hydrogen) atoms. The fraction of sp³-hybridized carbons (Fsp3) is 0.348. The number of carbonyl (C=O) groups is 1. The van der Waals surface area contributed by atoms with Gasteiger partial charge in [-0.1, -0.05) is 50.3 Å². The van der Waals surface area contributed by atoms with E-state index < -0.39 is 16.8 Å². The van der Waals surface area contributed by atoms with Crippen LogP contribution in [-0.2, 0) is 27.2 Å². The van der Waals surface area contributed by atoms with E-state index in [1.807, 2.05) is 56.3 Å². The third-order valence-electron chi connectivity index (χ3n) is 5.83. The summed E-state index contributed by atoms with van der Waals surface area (Å²) in [6.45, 7) is 3.88. The van der Waals surface area contributed by atoms with Crippen LogP contribution in [0.4, 0.5) is 0 Å². The second-order valence-corrected chi connectivity index (χ2v) is 7.72. The molecule has 2 unspecified atom stereocenters. The number of esters is 1. The van der Waals surface area contributed by atoms with Crippen LogP contribution in [0, 0.1) is 28.1 Å². The zero-order valence-electron chi connectivity index (χ0n) is 16.2. The van der Waals surface area contributed by atoms with E-state index in [2.05, 4.69) is 11.0 Å². The van der Waals surface area contributed by atoms with Crippen LogP contribution in [0.5, 0.6) is 0 Å². The number of rotatable bonds is 7. The average molecular weight is 376 g/mol. The first-order chi connectivity index (χ1) is 13.4. The van der Waals surface area contributed by atoms with Crippen LogP contribution in [0.15, 0.2) is 58.7 Å². The van der Waals surface area contributed by atoms with Gasteiger partial charge in [0.15, 0.2) is 0 Å². The van der Waals surface area contributed by atoms with Crippen LogP contribution in [0.25, 0.3) is 0 Å². The lowest BCUT2D eigenvalue weighted by Crippen LogP contribution is -2.14. The van der Waals surface area contributed by atoms with E-state index in [1.54, 1.807) is 12.3 Å². The van der Waals surface area contributed by atoms with Crippen LogP contribution in [0.3, 0.4) is 0 Å². The molecule has 1 aromatic heterocycles. The normalized spacial score (nSPS) is 22.9. The molecule has 1 heterocycles. The van der Waals surface area contributed by atoms with Crippen molar-refractivity contribution in [3.63, 3.8) is 0 Å². The molecule has 5 nitrogen and oxygen atoms in total. The molecule has 0 amide bonds. The zero-order chi connectivity index (χ0) is 20.4. The van der Waals surface area contributed by atoms with Crippen molar-refractivity contribution in [3.05, 3.63) is 71.2 Å². The third-order valence-corrected chi connectivity index (χ3v) is 5.83. The Morgan fingerprint density at radius 3 is 2.61 bits per heavy atom. The molecule has 1 saturated carbocycles. The lowest BCUT2D eigenvalue weighted by atomic mass is 9.90. The standard InChI is InChI=1S/C23H22NO4/c1-22(2)20(11-18(13-24)21(26)27-3)23(22,15-25)12-17-10-19(28-14-17)9-16-7-5-4-6-8-16/h4-8,10-11,14,20H,9,12H2,1-3H3/b18-11+. The summed E-state index contributed by atoms with van der Waals surface area (Å²) in [7, 11) is 1.23. The van der Waals surface area contributed by atoms with Crippen molar-refractivity contribution < 1.29 is 18.7 Å². The predicted octanol–water partition coefficient (Wildman–Crippen LogP) is 3.79. The summed E-state index contributed by atoms with van der Waals surface area (Å²) < 4.78 is 10.3. The number of furan rings is 1. The van der Waals surface area contributed by atoms with E-state index in [-0.39, 0.29) is 11.5 Å². The van der Waals surface area contributed by atoms with Gasteiger partial charge in [0, 0.05) is 6.42 Å². The van der Waals surface area contributed by atoms with Crippen molar-refractivity contribution >= 4 is 12.3 Å². The first-order valence-corrected chi connectivity index (χ1v) is 9.07. The smallest absolute Gasteiger partial charge is 0.348 e. The lowest BCUT2D eigenvalue weighted by Gasteiger charge is -2.10. The lowest BCUT2D eigenvalue weighted by molar-refractivity contribution is -0.135. The molecule has 3 rings (SSSR count). The molecule has 2 aromatic rings. The molecule has 1 radical (unpaired) electrons. The van der Waals surface area contributed by atoms with Crippen molar-refractivity contribution in [1.82, 2.24) is 0 Å². The molecular weight excluding hydrogens is 354 g/mol. The number of methoxy groups -OCH3 is 1. The Bertz CT molecular complexity index is 948. The summed E-state index contributed by atoms with van der Waals surface area (Å²) in [4.78, 5) is 23.7. The second-order valence-electron chi connectivity index (χ2n) is 7.72. The quantitative estimate of drug-likeness (QED) is 0.417. The summed E-state index contributed by atoms with van der Waals surface area (Å²) in [6, 6.07) is 13.8. The minimum absolute atomic E-state index is 0.0883. The number of ether oxygens (including phenoxy) is 1. The highest BCUT2D eigenvalue weighted by atomic mass is 16.5. The highest BCUT2D eigenvalue weighted by Crippen LogP contribution is 2.70. The minimum atomic E-state index is -0.809. The van der Waals surface area contributed by atoms with Crippen LogP contribution in [0.1, 0.15) is 30.7 Å². The number of carbonyl (C=O) groups excluding carboxylic acids is 2. The van der Waals surface area contributed by atoms with Crippen molar-refractivity contribution in [2.24, 2.45) is 16.7 Å². The molecule has 1 aromatic carbocycles. The van der Waals surface area contributed by atoms with Gasteiger partial charge in [-0.3, -0.25) is 4.79 Å². The molecule has 0 saturated heterocycles. The summed E-state index contributed by atoms with van der Waals surface area (Å²) in [5.41, 5.74) is 0.715. The van der Waals surface area contributed by atoms with Gasteiger partial charge < -0.3 is 9.15 Å². The number of nitriles is 1. The average Bonchev–Trinajstić information content (AvgIpc) is 2.97. The van der Waals surface area contributed by atoms with E-state index in [0.29, 0.717) is 12.8 Å². The van der Waals surface area contributed by atoms with Crippen molar-refractivity contribution in [2.45, 2.75) is 26.7 Å². The maximum Gasteiger partial charge on any atom is 0.348 e. The fourth-order valence-electron chi connectivity index (χ4n) is 3.97. The number of hydrogen-bond donors (Lipinski definition) is 0. The topological polar surface area (TPSA) is 80.3 Å². The molecule has 0 spiro atoms. The van der Waals surface area contributed by atoms with Gasteiger partial charge in [-0.2, -0.15) is 5.26 Å². The van der Waals surface area contributed by atoms with Gasteiger partial charge in [0.05, 0.1) is 18.8 Å². The number of benzene rings is 1. The highest BCUT2D eigenvalue weighted by molar-refractivity contribution is 5.93. The van der Waals surface area contributed by atoms with Crippen LogP contribution < -0.4 is 0 Å². The van der Waals surface area contributed by atoms with E-state index in [9.17, 15) is 14.9 Å². The zero-order valence-corrected chi connectivity index (χ0v) is 16.2. The van der Waals surface area contributed by atoms with Crippen LogP contribution >= 0.6 is 0 Å². The Labute approximate surface area is 164 Å². The van der Waals surface area contributed by atoms with E-state index in [1.165, 1.54) is 7.11 Å². The summed E-state index contributed by atoms with van der Waals surface area (Å²) in [6.07, 6.45) is 6.50. The van der Waals surface area contributed by atoms with E-state index in [4.69, 9.17) is 4.42 Å². The van der Waals surface area contributed by atoms with Crippen molar-refractivity contribution in [1.29, 1.82) is 5.26 Å². The molecule has 1 aliphatic rings. The first-order valence-electron chi connectivity index (χ1n) is 9.07. The monoisotopic (exact) mass is 376 g/mol. The summed E-state index contributed by atoms with van der Waals surface area (Å²) in [5.74, 6) is -0.155. The molecule has 0 N–H and O–H groups in total. The molecular formula is C23H22NO4. The van der Waals surface area contributed by atoms with Crippen molar-refractivity contribution in [3.8, 4) is 6.07 Å².